The van der Waals surface area contributed by atoms with Crippen LogP contribution in [0, 0.1) is 6.92 Å². The minimum absolute atomic E-state index is 0.147. The summed E-state index contributed by atoms with van der Waals surface area (Å²) in [6, 6.07) is 16.9. The van der Waals surface area contributed by atoms with Crippen LogP contribution in [0.15, 0.2) is 54.6 Å². The molecule has 0 radical (unpaired) electrons. The first kappa shape index (κ1) is 20.1. The number of thiophene rings is 1. The number of carbonyl (C=O) groups excluding carboxylic acids is 2. The van der Waals surface area contributed by atoms with Crippen molar-refractivity contribution < 1.29 is 9.59 Å². The number of carbonyl (C=O) groups is 2. The van der Waals surface area contributed by atoms with E-state index < -0.39 is 0 Å². The van der Waals surface area contributed by atoms with Crippen molar-refractivity contribution in [3.63, 3.8) is 0 Å². The van der Waals surface area contributed by atoms with Gasteiger partial charge in [0.15, 0.2) is 0 Å². The quantitative estimate of drug-likeness (QED) is 0.408. The van der Waals surface area contributed by atoms with Gasteiger partial charge in [0.05, 0.1) is 16.7 Å². The fourth-order valence-electron chi connectivity index (χ4n) is 3.11. The predicted octanol–water partition coefficient (Wildman–Crippen LogP) is 4.70. The molecule has 2 amide bonds. The Balaban J connectivity index is 1.43. The van der Waals surface area contributed by atoms with Crippen molar-refractivity contribution in [2.24, 2.45) is 0 Å². The zero-order chi connectivity index (χ0) is 21.1. The lowest BCUT2D eigenvalue weighted by molar-refractivity contribution is -0.115. The summed E-state index contributed by atoms with van der Waals surface area (Å²) in [6.45, 7) is 2.46. The maximum atomic E-state index is 12.5. The number of nitrogens with zero attached hydrogens (tertiary/aromatic N) is 1. The van der Waals surface area contributed by atoms with Crippen LogP contribution in [0.3, 0.4) is 0 Å². The van der Waals surface area contributed by atoms with Crippen molar-refractivity contribution in [3.05, 3.63) is 81.2 Å². The van der Waals surface area contributed by atoms with Gasteiger partial charge in [0.2, 0.25) is 5.91 Å². The van der Waals surface area contributed by atoms with Gasteiger partial charge in [-0.05, 0) is 30.2 Å². The molecular formula is C22H19ClN4O2S. The molecule has 152 valence electrons. The molecule has 30 heavy (non-hydrogen) atoms. The maximum Gasteiger partial charge on any atom is 0.261 e. The van der Waals surface area contributed by atoms with E-state index in [2.05, 4.69) is 20.8 Å². The summed E-state index contributed by atoms with van der Waals surface area (Å²) in [4.78, 5) is 26.1. The van der Waals surface area contributed by atoms with Crippen LogP contribution < -0.4 is 10.6 Å². The molecule has 0 aliphatic rings. The average Bonchev–Trinajstić information content (AvgIpc) is 3.30. The predicted molar refractivity (Wildman–Crippen MR) is 120 cm³/mol. The first-order valence-corrected chi connectivity index (χ1v) is 10.5. The molecule has 0 aliphatic carbocycles. The third-order valence-electron chi connectivity index (χ3n) is 4.58. The Labute approximate surface area is 182 Å². The van der Waals surface area contributed by atoms with Crippen LogP contribution in [-0.2, 0) is 17.8 Å². The number of aromatic nitrogens is 2. The Kier molecular flexibility index (Phi) is 5.83. The zero-order valence-corrected chi connectivity index (χ0v) is 17.7. The summed E-state index contributed by atoms with van der Waals surface area (Å²) in [5, 5.41) is 14.0. The van der Waals surface area contributed by atoms with E-state index >= 15 is 0 Å². The summed E-state index contributed by atoms with van der Waals surface area (Å²) in [5.41, 5.74) is 2.93. The van der Waals surface area contributed by atoms with Crippen LogP contribution in [-0.4, -0.2) is 22.0 Å². The van der Waals surface area contributed by atoms with E-state index in [0.717, 1.165) is 16.7 Å². The number of fused-ring (bicyclic) bond motifs is 1. The van der Waals surface area contributed by atoms with Gasteiger partial charge in [0.25, 0.3) is 5.91 Å². The van der Waals surface area contributed by atoms with E-state index in [1.165, 1.54) is 11.3 Å². The van der Waals surface area contributed by atoms with Gasteiger partial charge in [-0.1, -0.05) is 59.6 Å². The van der Waals surface area contributed by atoms with Crippen molar-refractivity contribution in [2.75, 3.05) is 5.32 Å². The molecule has 2 aromatic heterocycles. The Morgan fingerprint density at radius 2 is 1.97 bits per heavy atom. The minimum atomic E-state index is -0.217. The summed E-state index contributed by atoms with van der Waals surface area (Å²) < 4.78 is 0. The monoisotopic (exact) mass is 438 g/mol. The van der Waals surface area contributed by atoms with Crippen molar-refractivity contribution in [3.8, 4) is 0 Å². The first-order valence-electron chi connectivity index (χ1n) is 9.34. The van der Waals surface area contributed by atoms with Crippen molar-refractivity contribution in [1.29, 1.82) is 0 Å². The average molecular weight is 439 g/mol. The summed E-state index contributed by atoms with van der Waals surface area (Å²) in [7, 11) is 0. The molecule has 2 aromatic carbocycles. The zero-order valence-electron chi connectivity index (χ0n) is 16.2. The number of amides is 2. The topological polar surface area (TPSA) is 86.9 Å². The molecule has 4 aromatic rings. The van der Waals surface area contributed by atoms with Crippen LogP contribution in [0.25, 0.3) is 10.2 Å². The molecule has 0 saturated carbocycles. The smallest absolute Gasteiger partial charge is 0.261 e. The third-order valence-corrected chi connectivity index (χ3v) is 5.98. The van der Waals surface area contributed by atoms with Crippen molar-refractivity contribution >= 4 is 50.8 Å². The van der Waals surface area contributed by atoms with Gasteiger partial charge < -0.3 is 10.6 Å². The molecular weight excluding hydrogens is 420 g/mol. The van der Waals surface area contributed by atoms with Gasteiger partial charge >= 0.3 is 0 Å². The molecule has 0 bridgehead atoms. The highest BCUT2D eigenvalue weighted by molar-refractivity contribution is 7.20. The molecule has 4 rings (SSSR count). The third kappa shape index (κ3) is 4.53. The number of nitrogens with one attached hydrogen (secondary N) is 3. The molecule has 0 fully saturated rings. The molecule has 0 spiro atoms. The highest BCUT2D eigenvalue weighted by Gasteiger charge is 2.17. The second-order valence-electron chi connectivity index (χ2n) is 6.92. The van der Waals surface area contributed by atoms with Crippen molar-refractivity contribution in [2.45, 2.75) is 19.9 Å². The van der Waals surface area contributed by atoms with E-state index in [0.29, 0.717) is 32.5 Å². The van der Waals surface area contributed by atoms with Crippen LogP contribution in [0.4, 0.5) is 5.82 Å². The number of hydrogen-bond donors (Lipinski definition) is 3. The van der Waals surface area contributed by atoms with E-state index in [4.69, 9.17) is 11.6 Å². The largest absolute Gasteiger partial charge is 0.347 e. The van der Waals surface area contributed by atoms with Crippen LogP contribution in [0.1, 0.15) is 26.4 Å². The molecule has 8 heteroatoms. The Bertz CT molecular complexity index is 1230. The summed E-state index contributed by atoms with van der Waals surface area (Å²) in [6.07, 6.45) is 0.147. The van der Waals surface area contributed by atoms with Gasteiger partial charge in [-0.25, -0.2) is 0 Å². The Morgan fingerprint density at radius 1 is 1.13 bits per heavy atom. The fraction of sp³-hybridized carbons (Fsp3) is 0.136. The standard InChI is InChI=1S/C22H19ClN4O2S/c1-13-5-4-6-14(9-13)12-24-21(29)18-11-16-20(26-27-22(16)30-18)25-19(28)10-15-7-2-3-8-17(15)23/h2-9,11H,10,12H2,1H3,(H,24,29)(H2,25,26,27,28). The Hall–Kier alpha value is -3.16. The molecule has 2 heterocycles. The minimum Gasteiger partial charge on any atom is -0.347 e. The molecule has 0 unspecified atom stereocenters. The number of halogens is 1. The van der Waals surface area contributed by atoms with Gasteiger partial charge in [0, 0.05) is 11.6 Å². The second kappa shape index (κ2) is 8.69. The second-order valence-corrected chi connectivity index (χ2v) is 8.35. The van der Waals surface area contributed by atoms with Gasteiger partial charge in [-0.2, -0.15) is 5.10 Å². The molecule has 0 saturated heterocycles. The highest BCUT2D eigenvalue weighted by atomic mass is 35.5. The number of rotatable bonds is 6. The number of aromatic amines is 1. The van der Waals surface area contributed by atoms with E-state index in [1.807, 2.05) is 49.4 Å². The van der Waals surface area contributed by atoms with Gasteiger partial charge in [-0.3, -0.25) is 14.7 Å². The van der Waals surface area contributed by atoms with Crippen LogP contribution >= 0.6 is 22.9 Å². The van der Waals surface area contributed by atoms with Crippen molar-refractivity contribution in [1.82, 2.24) is 15.5 Å². The number of hydrogen-bond acceptors (Lipinski definition) is 4. The van der Waals surface area contributed by atoms with Gasteiger partial charge in [0.1, 0.15) is 10.6 Å². The van der Waals surface area contributed by atoms with E-state index in [1.54, 1.807) is 12.1 Å². The summed E-state index contributed by atoms with van der Waals surface area (Å²) in [5.74, 6) is 0.0780. The van der Waals surface area contributed by atoms with Gasteiger partial charge in [-0.15, -0.1) is 11.3 Å². The number of H-pyrrole nitrogens is 1. The van der Waals surface area contributed by atoms with Crippen LogP contribution in [0.5, 0.6) is 0 Å². The lowest BCUT2D eigenvalue weighted by atomic mass is 10.1. The fourth-order valence-corrected chi connectivity index (χ4v) is 4.22. The summed E-state index contributed by atoms with van der Waals surface area (Å²) >= 11 is 7.39. The lowest BCUT2D eigenvalue weighted by Gasteiger charge is -2.05. The number of benzene rings is 2. The molecule has 6 nitrogen and oxygen atoms in total. The van der Waals surface area contributed by atoms with E-state index in [-0.39, 0.29) is 18.2 Å². The lowest BCUT2D eigenvalue weighted by Crippen LogP contribution is -2.21. The maximum absolute atomic E-state index is 12.5. The SMILES string of the molecule is Cc1cccc(CNC(=O)c2cc3c(NC(=O)Cc4ccccc4Cl)[nH]nc3s2)c1. The first-order chi connectivity index (χ1) is 14.5. The molecule has 3 N–H and O–H groups in total. The van der Waals surface area contributed by atoms with E-state index in [9.17, 15) is 9.59 Å². The highest BCUT2D eigenvalue weighted by Crippen LogP contribution is 2.29. The normalized spacial score (nSPS) is 10.9. The number of anilines is 1. The number of aryl methyl sites for hydroxylation is 1. The molecule has 0 aliphatic heterocycles. The van der Waals surface area contributed by atoms with Crippen LogP contribution in [0.2, 0.25) is 5.02 Å². The molecule has 0 atom stereocenters. The Morgan fingerprint density at radius 3 is 2.77 bits per heavy atom.